The Hall–Kier alpha value is -3.20. The van der Waals surface area contributed by atoms with Gasteiger partial charge in [0, 0.05) is 17.8 Å². The van der Waals surface area contributed by atoms with Gasteiger partial charge in [-0.25, -0.2) is 0 Å². The molecule has 0 bridgehead atoms. The number of nitro groups is 1. The van der Waals surface area contributed by atoms with Gasteiger partial charge in [-0.15, -0.1) is 0 Å². The zero-order chi connectivity index (χ0) is 17.5. The van der Waals surface area contributed by atoms with Crippen molar-refractivity contribution in [3.63, 3.8) is 0 Å². The van der Waals surface area contributed by atoms with E-state index in [1.165, 1.54) is 37.7 Å². The maximum atomic E-state index is 11.7. The number of nitro benzene ring substituents is 1. The van der Waals surface area contributed by atoms with Gasteiger partial charge in [0.2, 0.25) is 5.91 Å². The summed E-state index contributed by atoms with van der Waals surface area (Å²) in [6.07, 6.45) is 4.22. The molecule has 1 heterocycles. The second-order valence-electron chi connectivity index (χ2n) is 4.44. The number of methoxy groups -OCH3 is 1. The van der Waals surface area contributed by atoms with E-state index in [0.717, 1.165) is 0 Å². The van der Waals surface area contributed by atoms with E-state index in [2.05, 4.69) is 10.6 Å². The van der Waals surface area contributed by atoms with E-state index >= 15 is 0 Å². The first kappa shape index (κ1) is 17.2. The monoisotopic (exact) mass is 347 g/mol. The van der Waals surface area contributed by atoms with Crippen molar-refractivity contribution in [3.05, 3.63) is 58.5 Å². The third kappa shape index (κ3) is 4.65. The Morgan fingerprint density at radius 2 is 2.21 bits per heavy atom. The molecule has 0 radical (unpaired) electrons. The Labute approximate surface area is 142 Å². The van der Waals surface area contributed by atoms with E-state index in [9.17, 15) is 14.9 Å². The highest BCUT2D eigenvalue weighted by Gasteiger charge is 2.15. The van der Waals surface area contributed by atoms with Crippen molar-refractivity contribution >= 4 is 40.7 Å². The summed E-state index contributed by atoms with van der Waals surface area (Å²) in [5.41, 5.74) is 0.136. The Balaban J connectivity index is 1.98. The lowest BCUT2D eigenvalue weighted by molar-refractivity contribution is -0.385. The smallest absolute Gasteiger partial charge is 0.312 e. The van der Waals surface area contributed by atoms with E-state index in [0.29, 0.717) is 11.4 Å². The normalized spacial score (nSPS) is 10.4. The third-order valence-corrected chi connectivity index (χ3v) is 3.02. The fourth-order valence-electron chi connectivity index (χ4n) is 1.77. The molecule has 0 aliphatic heterocycles. The molecule has 2 aromatic rings. The van der Waals surface area contributed by atoms with E-state index in [1.807, 2.05) is 0 Å². The minimum atomic E-state index is -0.572. The molecule has 0 spiro atoms. The van der Waals surface area contributed by atoms with Gasteiger partial charge in [-0.3, -0.25) is 20.2 Å². The first-order valence-corrected chi connectivity index (χ1v) is 7.06. The predicted octanol–water partition coefficient (Wildman–Crippen LogP) is 2.72. The minimum Gasteiger partial charge on any atom is -0.490 e. The second kappa shape index (κ2) is 7.88. The number of furan rings is 1. The fourth-order valence-corrected chi connectivity index (χ4v) is 1.99. The number of thiocarbonyl (C=S) groups is 1. The van der Waals surface area contributed by atoms with Crippen molar-refractivity contribution < 1.29 is 18.9 Å². The molecule has 0 fully saturated rings. The number of anilines is 1. The van der Waals surface area contributed by atoms with Gasteiger partial charge in [0.25, 0.3) is 0 Å². The zero-order valence-electron chi connectivity index (χ0n) is 12.5. The summed E-state index contributed by atoms with van der Waals surface area (Å²) < 4.78 is 9.96. The van der Waals surface area contributed by atoms with Crippen LogP contribution in [0.25, 0.3) is 6.08 Å². The van der Waals surface area contributed by atoms with Crippen LogP contribution in [-0.2, 0) is 4.79 Å². The Bertz CT molecular complexity index is 786. The molecule has 2 N–H and O–H groups in total. The van der Waals surface area contributed by atoms with E-state index < -0.39 is 10.8 Å². The summed E-state index contributed by atoms with van der Waals surface area (Å²) in [6, 6.07) is 7.62. The molecular formula is C15H13N3O5S. The number of ether oxygens (including phenoxy) is 1. The van der Waals surface area contributed by atoms with Gasteiger partial charge in [-0.2, -0.15) is 0 Å². The molecule has 0 unspecified atom stereocenters. The Morgan fingerprint density at radius 1 is 1.42 bits per heavy atom. The van der Waals surface area contributed by atoms with Crippen molar-refractivity contribution in [1.29, 1.82) is 0 Å². The average molecular weight is 347 g/mol. The molecule has 1 aromatic carbocycles. The summed E-state index contributed by atoms with van der Waals surface area (Å²) in [5.74, 6) is 0.184. The molecule has 0 aliphatic rings. The van der Waals surface area contributed by atoms with Crippen molar-refractivity contribution in [2.75, 3.05) is 12.4 Å². The molecule has 0 saturated heterocycles. The third-order valence-electron chi connectivity index (χ3n) is 2.81. The summed E-state index contributed by atoms with van der Waals surface area (Å²) in [7, 11) is 1.34. The van der Waals surface area contributed by atoms with Crippen LogP contribution in [0, 0.1) is 10.1 Å². The number of nitrogens with one attached hydrogen (secondary N) is 2. The number of nitrogens with zero attached hydrogens (tertiary/aromatic N) is 1. The molecule has 124 valence electrons. The fraction of sp³-hybridized carbons (Fsp3) is 0.0667. The molecule has 0 atom stereocenters. The quantitative estimate of drug-likeness (QED) is 0.371. The van der Waals surface area contributed by atoms with Crippen molar-refractivity contribution in [3.8, 4) is 5.75 Å². The predicted molar refractivity (Wildman–Crippen MR) is 91.8 cm³/mol. The van der Waals surface area contributed by atoms with E-state index in [1.54, 1.807) is 18.2 Å². The lowest BCUT2D eigenvalue weighted by Crippen LogP contribution is -2.32. The summed E-state index contributed by atoms with van der Waals surface area (Å²) in [5, 5.41) is 16.1. The highest BCUT2D eigenvalue weighted by atomic mass is 32.1. The van der Waals surface area contributed by atoms with Crippen LogP contribution in [0.4, 0.5) is 11.4 Å². The standard InChI is InChI=1S/C15H13N3O5S/c1-22-13-6-4-10(9-12(13)18(20)21)16-15(24)17-14(19)7-5-11-3-2-8-23-11/h2-9H,1H3,(H2,16,17,19,24)/b7-5+. The first-order valence-electron chi connectivity index (χ1n) is 6.65. The van der Waals surface area contributed by atoms with Gasteiger partial charge < -0.3 is 14.5 Å². The number of carbonyl (C=O) groups excluding carboxylic acids is 1. The van der Waals surface area contributed by atoms with E-state index in [-0.39, 0.29) is 16.5 Å². The SMILES string of the molecule is COc1ccc(NC(=S)NC(=O)/C=C/c2ccco2)cc1[N+](=O)[O-]. The zero-order valence-corrected chi connectivity index (χ0v) is 13.3. The van der Waals surface area contributed by atoms with Crippen LogP contribution < -0.4 is 15.4 Å². The van der Waals surface area contributed by atoms with Crippen molar-refractivity contribution in [2.24, 2.45) is 0 Å². The number of amides is 1. The molecule has 2 rings (SSSR count). The summed E-state index contributed by atoms with van der Waals surface area (Å²) >= 11 is 5.00. The van der Waals surface area contributed by atoms with E-state index in [4.69, 9.17) is 21.4 Å². The lowest BCUT2D eigenvalue weighted by atomic mass is 10.2. The van der Waals surface area contributed by atoms with Crippen LogP contribution >= 0.6 is 12.2 Å². The van der Waals surface area contributed by atoms with Gasteiger partial charge >= 0.3 is 5.69 Å². The van der Waals surface area contributed by atoms with Gasteiger partial charge in [0.1, 0.15) is 5.76 Å². The topological polar surface area (TPSA) is 107 Å². The summed E-state index contributed by atoms with van der Waals surface area (Å²) in [6.45, 7) is 0. The van der Waals surface area contributed by atoms with Gasteiger partial charge in [-0.1, -0.05) is 0 Å². The molecule has 1 amide bonds. The van der Waals surface area contributed by atoms with Crippen LogP contribution in [0.1, 0.15) is 5.76 Å². The number of benzene rings is 1. The van der Waals surface area contributed by atoms with Crippen molar-refractivity contribution in [1.82, 2.24) is 5.32 Å². The van der Waals surface area contributed by atoms with Crippen molar-refractivity contribution in [2.45, 2.75) is 0 Å². The average Bonchev–Trinajstić information content (AvgIpc) is 3.06. The minimum absolute atomic E-state index is 0.00330. The van der Waals surface area contributed by atoms with Gasteiger partial charge in [0.15, 0.2) is 10.9 Å². The molecule has 9 heteroatoms. The van der Waals surface area contributed by atoms with Gasteiger partial charge in [-0.05, 0) is 42.6 Å². The maximum absolute atomic E-state index is 11.7. The highest BCUT2D eigenvalue weighted by molar-refractivity contribution is 7.80. The van der Waals surface area contributed by atoms with Gasteiger partial charge in [0.05, 0.1) is 18.3 Å². The lowest BCUT2D eigenvalue weighted by Gasteiger charge is -2.09. The van der Waals surface area contributed by atoms with Crippen LogP contribution in [0.15, 0.2) is 47.1 Å². The molecule has 24 heavy (non-hydrogen) atoms. The Kier molecular flexibility index (Phi) is 5.63. The Morgan fingerprint density at radius 3 is 2.83 bits per heavy atom. The number of hydrogen-bond acceptors (Lipinski definition) is 6. The highest BCUT2D eigenvalue weighted by Crippen LogP contribution is 2.29. The number of hydrogen-bond donors (Lipinski definition) is 2. The largest absolute Gasteiger partial charge is 0.490 e. The molecule has 0 aliphatic carbocycles. The van der Waals surface area contributed by atoms with Crippen LogP contribution in [0.2, 0.25) is 0 Å². The molecule has 1 aromatic heterocycles. The van der Waals surface area contributed by atoms with Crippen LogP contribution in [-0.4, -0.2) is 23.1 Å². The maximum Gasteiger partial charge on any atom is 0.312 e. The van der Waals surface area contributed by atoms with Crippen LogP contribution in [0.5, 0.6) is 5.75 Å². The second-order valence-corrected chi connectivity index (χ2v) is 4.84. The molecule has 0 saturated carbocycles. The first-order chi connectivity index (χ1) is 11.5. The molecular weight excluding hydrogens is 334 g/mol. The summed E-state index contributed by atoms with van der Waals surface area (Å²) in [4.78, 5) is 22.1. The number of rotatable bonds is 5. The number of carbonyl (C=O) groups is 1. The molecule has 8 nitrogen and oxygen atoms in total. The van der Waals surface area contributed by atoms with Crippen LogP contribution in [0.3, 0.4) is 0 Å².